The van der Waals surface area contributed by atoms with Gasteiger partial charge in [0.15, 0.2) is 5.58 Å². The summed E-state index contributed by atoms with van der Waals surface area (Å²) >= 11 is 0. The van der Waals surface area contributed by atoms with Gasteiger partial charge < -0.3 is 9.73 Å². The fraction of sp³-hybridized carbons (Fsp3) is 0.364. The number of oxazole rings is 1. The van der Waals surface area contributed by atoms with Gasteiger partial charge in [0.2, 0.25) is 11.8 Å². The van der Waals surface area contributed by atoms with E-state index in [9.17, 15) is 4.79 Å². The van der Waals surface area contributed by atoms with Crippen molar-refractivity contribution in [2.75, 3.05) is 5.32 Å². The maximum atomic E-state index is 12.0. The van der Waals surface area contributed by atoms with Crippen molar-refractivity contribution in [1.82, 2.24) is 4.98 Å². The number of aromatic nitrogens is 1. The standard InChI is InChI=1S/C22H26N2O2/c1-5-15(4)16-9-10-20-19(13-16)24-22(26-20)17-7-6-8-18(12-17)23-21(25)11-14(2)3/h6-10,12-15H,5,11H2,1-4H3,(H,23,25)/t15-/m0/s1. The molecule has 2 aromatic carbocycles. The molecule has 3 rings (SSSR count). The van der Waals surface area contributed by atoms with Crippen LogP contribution in [0.3, 0.4) is 0 Å². The van der Waals surface area contributed by atoms with Crippen LogP contribution in [0, 0.1) is 5.92 Å². The molecule has 0 fully saturated rings. The van der Waals surface area contributed by atoms with Gasteiger partial charge in [-0.3, -0.25) is 4.79 Å². The minimum atomic E-state index is 0.0212. The van der Waals surface area contributed by atoms with E-state index in [4.69, 9.17) is 4.42 Å². The Morgan fingerprint density at radius 2 is 1.96 bits per heavy atom. The van der Waals surface area contributed by atoms with Crippen LogP contribution in [0.4, 0.5) is 5.69 Å². The summed E-state index contributed by atoms with van der Waals surface area (Å²) in [6.45, 7) is 8.46. The minimum absolute atomic E-state index is 0.0212. The van der Waals surface area contributed by atoms with E-state index in [1.54, 1.807) is 0 Å². The van der Waals surface area contributed by atoms with Gasteiger partial charge in [0.1, 0.15) is 5.52 Å². The molecule has 0 aliphatic carbocycles. The molecule has 0 saturated heterocycles. The summed E-state index contributed by atoms with van der Waals surface area (Å²) in [5.41, 5.74) is 4.53. The van der Waals surface area contributed by atoms with E-state index in [-0.39, 0.29) is 5.91 Å². The van der Waals surface area contributed by atoms with Crippen molar-refractivity contribution in [3.05, 3.63) is 48.0 Å². The van der Waals surface area contributed by atoms with Crippen LogP contribution in [0.5, 0.6) is 0 Å². The monoisotopic (exact) mass is 350 g/mol. The third-order valence-corrected chi connectivity index (χ3v) is 4.58. The molecule has 1 N–H and O–H groups in total. The Morgan fingerprint density at radius 1 is 1.15 bits per heavy atom. The molecule has 1 aromatic heterocycles. The lowest BCUT2D eigenvalue weighted by atomic mass is 9.98. The van der Waals surface area contributed by atoms with Crippen molar-refractivity contribution in [2.24, 2.45) is 5.92 Å². The number of anilines is 1. The Kier molecular flexibility index (Phi) is 5.40. The first kappa shape index (κ1) is 18.2. The molecule has 0 saturated carbocycles. The minimum Gasteiger partial charge on any atom is -0.436 e. The number of fused-ring (bicyclic) bond motifs is 1. The number of hydrogen-bond donors (Lipinski definition) is 1. The Bertz CT molecular complexity index is 911. The number of rotatable bonds is 6. The number of benzene rings is 2. The van der Waals surface area contributed by atoms with E-state index in [2.05, 4.69) is 36.3 Å². The summed E-state index contributed by atoms with van der Waals surface area (Å²) in [5.74, 6) is 1.42. The zero-order valence-corrected chi connectivity index (χ0v) is 15.9. The Hall–Kier alpha value is -2.62. The first-order valence-electron chi connectivity index (χ1n) is 9.27. The van der Waals surface area contributed by atoms with E-state index >= 15 is 0 Å². The van der Waals surface area contributed by atoms with E-state index < -0.39 is 0 Å². The maximum absolute atomic E-state index is 12.0. The fourth-order valence-corrected chi connectivity index (χ4v) is 2.92. The molecule has 3 aromatic rings. The van der Waals surface area contributed by atoms with Gasteiger partial charge in [0.25, 0.3) is 0 Å². The van der Waals surface area contributed by atoms with Crippen LogP contribution < -0.4 is 5.32 Å². The molecule has 4 nitrogen and oxygen atoms in total. The molecule has 0 unspecified atom stereocenters. The Balaban J connectivity index is 1.86. The van der Waals surface area contributed by atoms with Crippen molar-refractivity contribution in [2.45, 2.75) is 46.5 Å². The predicted molar refractivity (Wildman–Crippen MR) is 106 cm³/mol. The summed E-state index contributed by atoms with van der Waals surface area (Å²) in [6.07, 6.45) is 1.60. The summed E-state index contributed by atoms with van der Waals surface area (Å²) in [7, 11) is 0. The van der Waals surface area contributed by atoms with Crippen molar-refractivity contribution >= 4 is 22.7 Å². The number of carbonyl (C=O) groups excluding carboxylic acids is 1. The molecule has 0 aliphatic rings. The Morgan fingerprint density at radius 3 is 2.69 bits per heavy atom. The lowest BCUT2D eigenvalue weighted by Crippen LogP contribution is -2.13. The highest BCUT2D eigenvalue weighted by Gasteiger charge is 2.12. The van der Waals surface area contributed by atoms with Crippen molar-refractivity contribution in [1.29, 1.82) is 0 Å². The highest BCUT2D eigenvalue weighted by atomic mass is 16.3. The fourth-order valence-electron chi connectivity index (χ4n) is 2.92. The smallest absolute Gasteiger partial charge is 0.227 e. The average molecular weight is 350 g/mol. The molecule has 1 heterocycles. The molecule has 1 amide bonds. The van der Waals surface area contributed by atoms with Crippen LogP contribution in [0.25, 0.3) is 22.6 Å². The van der Waals surface area contributed by atoms with Crippen molar-refractivity contribution in [3.63, 3.8) is 0 Å². The van der Waals surface area contributed by atoms with Crippen LogP contribution in [0.2, 0.25) is 0 Å². The third kappa shape index (κ3) is 4.13. The van der Waals surface area contributed by atoms with E-state index in [1.807, 2.05) is 44.2 Å². The van der Waals surface area contributed by atoms with Gasteiger partial charge in [-0.15, -0.1) is 0 Å². The Labute approximate surface area is 154 Å². The van der Waals surface area contributed by atoms with Gasteiger partial charge in [-0.25, -0.2) is 4.98 Å². The summed E-state index contributed by atoms with van der Waals surface area (Å²) in [4.78, 5) is 16.6. The highest BCUT2D eigenvalue weighted by molar-refractivity contribution is 5.91. The molecule has 0 aliphatic heterocycles. The highest BCUT2D eigenvalue weighted by Crippen LogP contribution is 2.29. The SMILES string of the molecule is CC[C@H](C)c1ccc2oc(-c3cccc(NC(=O)CC(C)C)c3)nc2c1. The summed E-state index contributed by atoms with van der Waals surface area (Å²) < 4.78 is 5.92. The lowest BCUT2D eigenvalue weighted by molar-refractivity contribution is -0.116. The summed E-state index contributed by atoms with van der Waals surface area (Å²) in [5, 5.41) is 2.94. The van der Waals surface area contributed by atoms with E-state index in [0.29, 0.717) is 24.1 Å². The van der Waals surface area contributed by atoms with Crippen LogP contribution >= 0.6 is 0 Å². The van der Waals surface area contributed by atoms with Crippen LogP contribution in [0.15, 0.2) is 46.9 Å². The number of nitrogens with one attached hydrogen (secondary N) is 1. The molecule has 0 bridgehead atoms. The zero-order chi connectivity index (χ0) is 18.7. The van der Waals surface area contributed by atoms with Gasteiger partial charge in [0.05, 0.1) is 0 Å². The third-order valence-electron chi connectivity index (χ3n) is 4.58. The predicted octanol–water partition coefficient (Wildman–Crippen LogP) is 5.99. The molecule has 136 valence electrons. The first-order valence-corrected chi connectivity index (χ1v) is 9.27. The lowest BCUT2D eigenvalue weighted by Gasteiger charge is -2.07. The van der Waals surface area contributed by atoms with E-state index in [0.717, 1.165) is 28.8 Å². The second kappa shape index (κ2) is 7.73. The van der Waals surface area contributed by atoms with Crippen molar-refractivity contribution in [3.8, 4) is 11.5 Å². The van der Waals surface area contributed by atoms with Gasteiger partial charge in [-0.1, -0.05) is 39.8 Å². The zero-order valence-electron chi connectivity index (χ0n) is 15.9. The number of nitrogens with zero attached hydrogens (tertiary/aromatic N) is 1. The number of carbonyl (C=O) groups is 1. The molecule has 1 atom stereocenters. The van der Waals surface area contributed by atoms with E-state index in [1.165, 1.54) is 5.56 Å². The topological polar surface area (TPSA) is 55.1 Å². The molecule has 0 radical (unpaired) electrons. The van der Waals surface area contributed by atoms with Crippen LogP contribution in [0.1, 0.15) is 52.0 Å². The molecule has 26 heavy (non-hydrogen) atoms. The van der Waals surface area contributed by atoms with Crippen LogP contribution in [-0.4, -0.2) is 10.9 Å². The quantitative estimate of drug-likeness (QED) is 0.594. The molecular formula is C22H26N2O2. The van der Waals surface area contributed by atoms with Crippen LogP contribution in [-0.2, 0) is 4.79 Å². The first-order chi connectivity index (χ1) is 12.5. The average Bonchev–Trinajstić information content (AvgIpc) is 3.03. The van der Waals surface area contributed by atoms with Gasteiger partial charge in [0, 0.05) is 17.7 Å². The van der Waals surface area contributed by atoms with Crippen molar-refractivity contribution < 1.29 is 9.21 Å². The second-order valence-electron chi connectivity index (χ2n) is 7.28. The van der Waals surface area contributed by atoms with Gasteiger partial charge in [-0.2, -0.15) is 0 Å². The number of amides is 1. The number of hydrogen-bond acceptors (Lipinski definition) is 3. The molecule has 0 spiro atoms. The largest absolute Gasteiger partial charge is 0.436 e. The molecule has 4 heteroatoms. The molecular weight excluding hydrogens is 324 g/mol. The maximum Gasteiger partial charge on any atom is 0.227 e. The normalized spacial score (nSPS) is 12.5. The summed E-state index contributed by atoms with van der Waals surface area (Å²) in [6, 6.07) is 13.8. The second-order valence-corrected chi connectivity index (χ2v) is 7.28. The van der Waals surface area contributed by atoms with Gasteiger partial charge >= 0.3 is 0 Å². The van der Waals surface area contributed by atoms with Gasteiger partial charge in [-0.05, 0) is 54.2 Å².